The molecule has 0 aliphatic rings. The van der Waals surface area contributed by atoms with E-state index in [0.717, 1.165) is 9.40 Å². The van der Waals surface area contributed by atoms with Crippen LogP contribution in [0.15, 0.2) is 47.3 Å². The molecule has 0 amide bonds. The normalized spacial score (nSPS) is 11.0. The average molecular weight is 314 g/mol. The second-order valence-corrected chi connectivity index (χ2v) is 5.85. The first-order valence-electron chi connectivity index (χ1n) is 6.82. The highest BCUT2D eigenvalue weighted by molar-refractivity contribution is 7.24. The molecule has 0 fully saturated rings. The zero-order valence-electron chi connectivity index (χ0n) is 12.0. The quantitative estimate of drug-likeness (QED) is 0.421. The molecule has 4 nitrogen and oxygen atoms in total. The summed E-state index contributed by atoms with van der Waals surface area (Å²) in [5.41, 5.74) is 0.429. The van der Waals surface area contributed by atoms with Gasteiger partial charge in [0.05, 0.1) is 12.2 Å². The Morgan fingerprint density at radius 1 is 1.05 bits per heavy atom. The summed E-state index contributed by atoms with van der Waals surface area (Å²) >= 11 is 1.49. The minimum Gasteiger partial charge on any atom is -0.460 e. The molecule has 0 radical (unpaired) electrons. The van der Waals surface area contributed by atoms with Crippen molar-refractivity contribution < 1.29 is 14.3 Å². The Hall–Kier alpha value is -2.24. The van der Waals surface area contributed by atoms with Crippen LogP contribution in [-0.4, -0.2) is 26.3 Å². The molecule has 5 heteroatoms. The maximum absolute atomic E-state index is 12.5. The number of ether oxygens (including phenoxy) is 2. The van der Waals surface area contributed by atoms with Crippen LogP contribution in [-0.2, 0) is 9.47 Å². The molecule has 0 bridgehead atoms. The maximum Gasteiger partial charge on any atom is 0.338 e. The standard InChI is InChI=1S/C17H14O4S/c1-20-8-9-21-17(19)11-6-7-13-15(10-11)22-14-5-3-2-4-12(14)16(13)18/h2-7,10H,8-9H2,1H3. The predicted octanol–water partition coefficient (Wildman–Crippen LogP) is 3.22. The largest absolute Gasteiger partial charge is 0.460 e. The van der Waals surface area contributed by atoms with Crippen LogP contribution < -0.4 is 5.43 Å². The van der Waals surface area contributed by atoms with Crippen LogP contribution in [0.1, 0.15) is 10.4 Å². The van der Waals surface area contributed by atoms with Gasteiger partial charge in [0.2, 0.25) is 0 Å². The number of rotatable bonds is 4. The van der Waals surface area contributed by atoms with Gasteiger partial charge in [0, 0.05) is 27.3 Å². The lowest BCUT2D eigenvalue weighted by Gasteiger charge is -2.05. The Labute approximate surface area is 130 Å². The molecule has 0 spiro atoms. The lowest BCUT2D eigenvalue weighted by molar-refractivity contribution is 0.0388. The van der Waals surface area contributed by atoms with Crippen molar-refractivity contribution in [3.8, 4) is 0 Å². The molecule has 1 heterocycles. The first-order chi connectivity index (χ1) is 10.7. The molecule has 0 saturated carbocycles. The molecule has 0 saturated heterocycles. The van der Waals surface area contributed by atoms with Gasteiger partial charge in [-0.1, -0.05) is 12.1 Å². The van der Waals surface area contributed by atoms with Crippen molar-refractivity contribution in [2.24, 2.45) is 0 Å². The third kappa shape index (κ3) is 2.73. The van der Waals surface area contributed by atoms with E-state index in [4.69, 9.17) is 9.47 Å². The van der Waals surface area contributed by atoms with Gasteiger partial charge in [-0.3, -0.25) is 4.79 Å². The molecule has 0 unspecified atom stereocenters. The van der Waals surface area contributed by atoms with Crippen LogP contribution in [0.5, 0.6) is 0 Å². The smallest absolute Gasteiger partial charge is 0.338 e. The summed E-state index contributed by atoms with van der Waals surface area (Å²) in [4.78, 5) is 24.4. The minimum absolute atomic E-state index is 0.0105. The molecule has 112 valence electrons. The van der Waals surface area contributed by atoms with Crippen LogP contribution in [0.25, 0.3) is 20.2 Å². The Morgan fingerprint density at radius 2 is 1.82 bits per heavy atom. The first kappa shape index (κ1) is 14.7. The molecule has 3 rings (SSSR count). The second kappa shape index (κ2) is 6.25. The highest BCUT2D eigenvalue weighted by atomic mass is 32.1. The zero-order chi connectivity index (χ0) is 15.5. The highest BCUT2D eigenvalue weighted by Crippen LogP contribution is 2.25. The molecule has 3 aromatic rings. The molecular formula is C17H14O4S. The highest BCUT2D eigenvalue weighted by Gasteiger charge is 2.11. The second-order valence-electron chi connectivity index (χ2n) is 4.77. The third-order valence-corrected chi connectivity index (χ3v) is 4.47. The molecule has 1 aromatic heterocycles. The van der Waals surface area contributed by atoms with E-state index in [1.165, 1.54) is 11.3 Å². The summed E-state index contributed by atoms with van der Waals surface area (Å²) in [6.07, 6.45) is 0. The summed E-state index contributed by atoms with van der Waals surface area (Å²) in [7, 11) is 1.55. The Morgan fingerprint density at radius 3 is 2.64 bits per heavy atom. The number of hydrogen-bond donors (Lipinski definition) is 0. The lowest BCUT2D eigenvalue weighted by Crippen LogP contribution is -2.10. The van der Waals surface area contributed by atoms with Crippen molar-refractivity contribution in [3.05, 3.63) is 58.3 Å². The van der Waals surface area contributed by atoms with E-state index < -0.39 is 5.97 Å². The summed E-state index contributed by atoms with van der Waals surface area (Å²) in [6, 6.07) is 12.5. The van der Waals surface area contributed by atoms with Gasteiger partial charge in [0.1, 0.15) is 6.61 Å². The van der Waals surface area contributed by atoms with Crippen molar-refractivity contribution in [1.82, 2.24) is 0 Å². The fraction of sp³-hybridized carbons (Fsp3) is 0.176. The van der Waals surface area contributed by atoms with E-state index in [0.29, 0.717) is 22.9 Å². The fourth-order valence-corrected chi connectivity index (χ4v) is 3.34. The summed E-state index contributed by atoms with van der Waals surface area (Å²) in [5, 5.41) is 1.33. The number of methoxy groups -OCH3 is 1. The number of carbonyl (C=O) groups is 1. The minimum atomic E-state index is -0.410. The Bertz CT molecular complexity index is 898. The first-order valence-corrected chi connectivity index (χ1v) is 7.64. The number of esters is 1. The van der Waals surface area contributed by atoms with Crippen molar-refractivity contribution >= 4 is 37.5 Å². The topological polar surface area (TPSA) is 52.6 Å². The van der Waals surface area contributed by atoms with Crippen LogP contribution in [0.3, 0.4) is 0 Å². The van der Waals surface area contributed by atoms with E-state index in [1.807, 2.05) is 24.3 Å². The molecule has 0 aliphatic carbocycles. The van der Waals surface area contributed by atoms with Gasteiger partial charge in [-0.05, 0) is 30.3 Å². The molecular weight excluding hydrogens is 300 g/mol. The monoisotopic (exact) mass is 314 g/mol. The Balaban J connectivity index is 2.04. The lowest BCUT2D eigenvalue weighted by atomic mass is 10.1. The van der Waals surface area contributed by atoms with Gasteiger partial charge in [0.15, 0.2) is 5.43 Å². The van der Waals surface area contributed by atoms with Crippen LogP contribution in [0.4, 0.5) is 0 Å². The zero-order valence-corrected chi connectivity index (χ0v) is 12.8. The van der Waals surface area contributed by atoms with Crippen molar-refractivity contribution in [2.75, 3.05) is 20.3 Å². The molecule has 0 aliphatic heterocycles. The van der Waals surface area contributed by atoms with E-state index in [9.17, 15) is 9.59 Å². The molecule has 0 N–H and O–H groups in total. The van der Waals surface area contributed by atoms with E-state index >= 15 is 0 Å². The van der Waals surface area contributed by atoms with Gasteiger partial charge < -0.3 is 9.47 Å². The van der Waals surface area contributed by atoms with Crippen LogP contribution >= 0.6 is 11.3 Å². The number of hydrogen-bond acceptors (Lipinski definition) is 5. The van der Waals surface area contributed by atoms with Crippen LogP contribution in [0.2, 0.25) is 0 Å². The van der Waals surface area contributed by atoms with Crippen molar-refractivity contribution in [1.29, 1.82) is 0 Å². The average Bonchev–Trinajstić information content (AvgIpc) is 2.55. The predicted molar refractivity (Wildman–Crippen MR) is 87.8 cm³/mol. The fourth-order valence-electron chi connectivity index (χ4n) is 2.23. The summed E-state index contributed by atoms with van der Waals surface area (Å²) < 4.78 is 11.6. The Kier molecular flexibility index (Phi) is 4.18. The number of fused-ring (bicyclic) bond motifs is 2. The van der Waals surface area contributed by atoms with Crippen molar-refractivity contribution in [3.63, 3.8) is 0 Å². The molecule has 22 heavy (non-hydrogen) atoms. The third-order valence-electron chi connectivity index (χ3n) is 3.33. The van der Waals surface area contributed by atoms with Gasteiger partial charge in [-0.25, -0.2) is 4.79 Å². The SMILES string of the molecule is COCCOC(=O)c1ccc2c(=O)c3ccccc3sc2c1. The van der Waals surface area contributed by atoms with Crippen molar-refractivity contribution in [2.45, 2.75) is 0 Å². The van der Waals surface area contributed by atoms with Gasteiger partial charge in [-0.2, -0.15) is 0 Å². The number of carbonyl (C=O) groups excluding carboxylic acids is 1. The summed E-state index contributed by atoms with van der Waals surface area (Å²) in [6.45, 7) is 0.568. The maximum atomic E-state index is 12.5. The number of benzene rings is 2. The van der Waals surface area contributed by atoms with E-state index in [2.05, 4.69) is 0 Å². The molecule has 2 aromatic carbocycles. The summed E-state index contributed by atoms with van der Waals surface area (Å²) in [5.74, 6) is -0.410. The van der Waals surface area contributed by atoms with E-state index in [-0.39, 0.29) is 12.0 Å². The van der Waals surface area contributed by atoms with Gasteiger partial charge >= 0.3 is 5.97 Å². The molecule has 0 atom stereocenters. The van der Waals surface area contributed by atoms with E-state index in [1.54, 1.807) is 25.3 Å². The van der Waals surface area contributed by atoms with Crippen LogP contribution in [0, 0.1) is 0 Å². The van der Waals surface area contributed by atoms with Gasteiger partial charge in [0.25, 0.3) is 0 Å². The van der Waals surface area contributed by atoms with Gasteiger partial charge in [-0.15, -0.1) is 11.3 Å².